The monoisotopic (exact) mass is 268 g/mol. The van der Waals surface area contributed by atoms with Crippen LogP contribution in [0.1, 0.15) is 28.3 Å². The van der Waals surface area contributed by atoms with Crippen molar-refractivity contribution in [2.75, 3.05) is 6.61 Å². The van der Waals surface area contributed by atoms with Gasteiger partial charge in [0, 0.05) is 12.5 Å². The third-order valence-corrected chi connectivity index (χ3v) is 3.84. The third kappa shape index (κ3) is 2.69. The lowest BCUT2D eigenvalue weighted by Gasteiger charge is -2.17. The van der Waals surface area contributed by atoms with Gasteiger partial charge in [0.1, 0.15) is 5.75 Å². The van der Waals surface area contributed by atoms with Gasteiger partial charge in [0.25, 0.3) is 0 Å². The van der Waals surface area contributed by atoms with E-state index in [9.17, 15) is 0 Å². The third-order valence-electron chi connectivity index (χ3n) is 3.84. The van der Waals surface area contributed by atoms with Gasteiger partial charge in [0.15, 0.2) is 0 Å². The molecule has 0 spiro atoms. The minimum atomic E-state index is 0.127. The summed E-state index contributed by atoms with van der Waals surface area (Å²) in [5.74, 6) is 6.77. The van der Waals surface area contributed by atoms with Crippen LogP contribution in [-0.2, 0) is 12.8 Å². The zero-order valence-electron chi connectivity index (χ0n) is 11.7. The first kappa shape index (κ1) is 13.2. The molecule has 3 N–H and O–H groups in total. The lowest BCUT2D eigenvalue weighted by atomic mass is 9.96. The number of aryl methyl sites for hydroxylation is 1. The average molecular weight is 268 g/mol. The molecule has 1 aliphatic heterocycles. The standard InChI is InChI=1S/C17H20N2O/c1-12-3-2-4-13(9-12)10-16(19-18)14-5-6-17-15(11-14)7-8-20-17/h2-6,9,11,16,19H,7-8,10,18H2,1H3. The summed E-state index contributed by atoms with van der Waals surface area (Å²) < 4.78 is 5.55. The van der Waals surface area contributed by atoms with E-state index in [-0.39, 0.29) is 6.04 Å². The minimum Gasteiger partial charge on any atom is -0.493 e. The molecule has 0 radical (unpaired) electrons. The minimum absolute atomic E-state index is 0.127. The highest BCUT2D eigenvalue weighted by molar-refractivity contribution is 5.41. The normalized spacial score (nSPS) is 14.7. The van der Waals surface area contributed by atoms with E-state index in [1.165, 1.54) is 22.3 Å². The van der Waals surface area contributed by atoms with E-state index < -0.39 is 0 Å². The molecule has 3 rings (SSSR count). The maximum atomic E-state index is 5.75. The molecule has 20 heavy (non-hydrogen) atoms. The molecule has 1 aliphatic rings. The largest absolute Gasteiger partial charge is 0.493 e. The van der Waals surface area contributed by atoms with Crippen LogP contribution in [0.5, 0.6) is 5.75 Å². The van der Waals surface area contributed by atoms with E-state index in [0.29, 0.717) is 0 Å². The molecular formula is C17H20N2O. The Morgan fingerprint density at radius 1 is 1.25 bits per heavy atom. The van der Waals surface area contributed by atoms with Crippen LogP contribution in [0.15, 0.2) is 42.5 Å². The van der Waals surface area contributed by atoms with E-state index in [1.807, 2.05) is 0 Å². The maximum Gasteiger partial charge on any atom is 0.122 e. The zero-order chi connectivity index (χ0) is 13.9. The summed E-state index contributed by atoms with van der Waals surface area (Å²) >= 11 is 0. The van der Waals surface area contributed by atoms with E-state index in [2.05, 4.69) is 54.8 Å². The molecule has 1 heterocycles. The molecule has 3 heteroatoms. The van der Waals surface area contributed by atoms with Gasteiger partial charge in [-0.3, -0.25) is 11.3 Å². The zero-order valence-corrected chi connectivity index (χ0v) is 11.7. The second-order valence-electron chi connectivity index (χ2n) is 5.38. The summed E-state index contributed by atoms with van der Waals surface area (Å²) in [5.41, 5.74) is 8.02. The molecule has 0 saturated heterocycles. The predicted molar refractivity (Wildman–Crippen MR) is 80.6 cm³/mol. The molecule has 2 aromatic rings. The summed E-state index contributed by atoms with van der Waals surface area (Å²) in [4.78, 5) is 0. The molecule has 2 aromatic carbocycles. The number of ether oxygens (including phenoxy) is 1. The van der Waals surface area contributed by atoms with E-state index >= 15 is 0 Å². The van der Waals surface area contributed by atoms with Crippen LogP contribution in [0.4, 0.5) is 0 Å². The molecule has 0 amide bonds. The fourth-order valence-electron chi connectivity index (χ4n) is 2.77. The number of hydrogen-bond donors (Lipinski definition) is 2. The quantitative estimate of drug-likeness (QED) is 0.662. The van der Waals surface area contributed by atoms with Crippen molar-refractivity contribution in [1.82, 2.24) is 5.43 Å². The van der Waals surface area contributed by atoms with Crippen LogP contribution in [0, 0.1) is 6.92 Å². The average Bonchev–Trinajstić information content (AvgIpc) is 2.92. The molecule has 0 aliphatic carbocycles. The second kappa shape index (κ2) is 5.65. The van der Waals surface area contributed by atoms with Crippen LogP contribution < -0.4 is 16.0 Å². The first-order valence-corrected chi connectivity index (χ1v) is 7.03. The van der Waals surface area contributed by atoms with Crippen molar-refractivity contribution in [2.24, 2.45) is 5.84 Å². The van der Waals surface area contributed by atoms with Crippen molar-refractivity contribution in [2.45, 2.75) is 25.8 Å². The lowest BCUT2D eigenvalue weighted by molar-refractivity contribution is 0.356. The van der Waals surface area contributed by atoms with Gasteiger partial charge in [-0.25, -0.2) is 0 Å². The Labute approximate surface area is 119 Å². The fraction of sp³-hybridized carbons (Fsp3) is 0.294. The van der Waals surface area contributed by atoms with Crippen LogP contribution in [-0.4, -0.2) is 6.61 Å². The highest BCUT2D eigenvalue weighted by atomic mass is 16.5. The summed E-state index contributed by atoms with van der Waals surface area (Å²) in [6.07, 6.45) is 1.88. The fourth-order valence-corrected chi connectivity index (χ4v) is 2.77. The predicted octanol–water partition coefficient (Wildman–Crippen LogP) is 2.68. The molecule has 104 valence electrons. The van der Waals surface area contributed by atoms with Crippen molar-refractivity contribution in [3.05, 3.63) is 64.7 Å². The molecular weight excluding hydrogens is 248 g/mol. The first-order valence-electron chi connectivity index (χ1n) is 7.03. The number of nitrogens with two attached hydrogens (primary N) is 1. The maximum absolute atomic E-state index is 5.75. The lowest BCUT2D eigenvalue weighted by Crippen LogP contribution is -2.29. The Balaban J connectivity index is 1.83. The molecule has 0 bridgehead atoms. The number of hydrogen-bond acceptors (Lipinski definition) is 3. The summed E-state index contributed by atoms with van der Waals surface area (Å²) in [5, 5.41) is 0. The van der Waals surface area contributed by atoms with Crippen molar-refractivity contribution in [1.29, 1.82) is 0 Å². The van der Waals surface area contributed by atoms with Gasteiger partial charge in [-0.2, -0.15) is 0 Å². The highest BCUT2D eigenvalue weighted by Gasteiger charge is 2.16. The molecule has 1 unspecified atom stereocenters. The van der Waals surface area contributed by atoms with Gasteiger partial charge < -0.3 is 4.74 Å². The van der Waals surface area contributed by atoms with Crippen molar-refractivity contribution in [3.63, 3.8) is 0 Å². The molecule has 0 saturated carbocycles. The number of rotatable bonds is 4. The van der Waals surface area contributed by atoms with Gasteiger partial charge in [-0.15, -0.1) is 0 Å². The number of fused-ring (bicyclic) bond motifs is 1. The number of hydrazine groups is 1. The van der Waals surface area contributed by atoms with Crippen LogP contribution in [0.2, 0.25) is 0 Å². The van der Waals surface area contributed by atoms with E-state index in [1.54, 1.807) is 0 Å². The van der Waals surface area contributed by atoms with Crippen molar-refractivity contribution >= 4 is 0 Å². The Kier molecular flexibility index (Phi) is 3.72. The topological polar surface area (TPSA) is 47.3 Å². The Bertz CT molecular complexity index is 610. The Morgan fingerprint density at radius 2 is 2.15 bits per heavy atom. The van der Waals surface area contributed by atoms with Gasteiger partial charge in [0.05, 0.1) is 6.61 Å². The van der Waals surface area contributed by atoms with Gasteiger partial charge in [0.2, 0.25) is 0 Å². The second-order valence-corrected chi connectivity index (χ2v) is 5.38. The summed E-state index contributed by atoms with van der Waals surface area (Å²) in [7, 11) is 0. The van der Waals surface area contributed by atoms with Crippen LogP contribution in [0.25, 0.3) is 0 Å². The Morgan fingerprint density at radius 3 is 2.95 bits per heavy atom. The summed E-state index contributed by atoms with van der Waals surface area (Å²) in [6.45, 7) is 2.90. The van der Waals surface area contributed by atoms with Crippen LogP contribution >= 0.6 is 0 Å². The molecule has 0 fully saturated rings. The van der Waals surface area contributed by atoms with Gasteiger partial charge >= 0.3 is 0 Å². The SMILES string of the molecule is Cc1cccc(CC(NN)c2ccc3c(c2)CCO3)c1. The number of nitrogens with one attached hydrogen (secondary N) is 1. The number of benzene rings is 2. The molecule has 0 aromatic heterocycles. The van der Waals surface area contributed by atoms with Gasteiger partial charge in [-0.1, -0.05) is 42.0 Å². The van der Waals surface area contributed by atoms with E-state index in [0.717, 1.165) is 25.2 Å². The van der Waals surface area contributed by atoms with Crippen molar-refractivity contribution in [3.8, 4) is 5.75 Å². The van der Waals surface area contributed by atoms with Crippen molar-refractivity contribution < 1.29 is 4.74 Å². The molecule has 1 atom stereocenters. The van der Waals surface area contributed by atoms with Crippen LogP contribution in [0.3, 0.4) is 0 Å². The first-order chi connectivity index (χ1) is 9.76. The van der Waals surface area contributed by atoms with Gasteiger partial charge in [-0.05, 0) is 36.1 Å². The smallest absolute Gasteiger partial charge is 0.122 e. The Hall–Kier alpha value is -1.84. The molecule has 3 nitrogen and oxygen atoms in total. The summed E-state index contributed by atoms with van der Waals surface area (Å²) in [6, 6.07) is 15.1. The highest BCUT2D eigenvalue weighted by Crippen LogP contribution is 2.29. The van der Waals surface area contributed by atoms with E-state index in [4.69, 9.17) is 10.6 Å².